The summed E-state index contributed by atoms with van der Waals surface area (Å²) in [4.78, 5) is 22.3. The van der Waals surface area contributed by atoms with E-state index in [4.69, 9.17) is 16.7 Å². The molecule has 0 fully saturated rings. The molecule has 0 saturated heterocycles. The Morgan fingerprint density at radius 1 is 1.50 bits per heavy atom. The lowest BCUT2D eigenvalue weighted by Gasteiger charge is -2.03. The maximum Gasteiger partial charge on any atom is 0.337 e. The van der Waals surface area contributed by atoms with Crippen molar-refractivity contribution in [2.24, 2.45) is 0 Å². The number of hydrogen-bond acceptors (Lipinski definition) is 4. The fraction of sp³-hybridized carbons (Fsp3) is 0.200. The Bertz CT molecular complexity index is 419. The van der Waals surface area contributed by atoms with E-state index in [-0.39, 0.29) is 22.3 Å². The Kier molecular flexibility index (Phi) is 4.64. The maximum absolute atomic E-state index is 10.9. The average molecular weight is 261 g/mol. The lowest BCUT2D eigenvalue weighted by Crippen LogP contribution is -2.03. The minimum atomic E-state index is -1.09. The van der Waals surface area contributed by atoms with E-state index in [1.54, 1.807) is 6.07 Å². The largest absolute Gasteiger partial charge is 0.478 e. The zero-order chi connectivity index (χ0) is 12.1. The Hall–Kier alpha value is -1.20. The van der Waals surface area contributed by atoms with Crippen molar-refractivity contribution in [3.63, 3.8) is 0 Å². The van der Waals surface area contributed by atoms with E-state index in [0.29, 0.717) is 4.90 Å². The number of methoxy groups -OCH3 is 1. The quantitative estimate of drug-likeness (QED) is 0.665. The smallest absolute Gasteiger partial charge is 0.337 e. The van der Waals surface area contributed by atoms with E-state index in [1.807, 2.05) is 0 Å². The van der Waals surface area contributed by atoms with Gasteiger partial charge in [-0.3, -0.25) is 4.79 Å². The van der Waals surface area contributed by atoms with Crippen LogP contribution in [0.2, 0.25) is 5.02 Å². The molecule has 0 aromatic heterocycles. The molecule has 1 rings (SSSR count). The topological polar surface area (TPSA) is 63.6 Å². The molecule has 6 heteroatoms. The van der Waals surface area contributed by atoms with Crippen LogP contribution >= 0.6 is 23.4 Å². The summed E-state index contributed by atoms with van der Waals surface area (Å²) in [5.41, 5.74) is 0.0246. The summed E-state index contributed by atoms with van der Waals surface area (Å²) in [6.45, 7) is 0. The summed E-state index contributed by atoms with van der Waals surface area (Å²) in [6, 6.07) is 4.57. The molecule has 4 nitrogen and oxygen atoms in total. The highest BCUT2D eigenvalue weighted by atomic mass is 35.5. The van der Waals surface area contributed by atoms with Gasteiger partial charge in [0.2, 0.25) is 0 Å². The zero-order valence-electron chi connectivity index (χ0n) is 8.40. The molecule has 0 aliphatic heterocycles. The Morgan fingerprint density at radius 2 is 2.19 bits per heavy atom. The van der Waals surface area contributed by atoms with Gasteiger partial charge in [0.05, 0.1) is 23.4 Å². The lowest BCUT2D eigenvalue weighted by molar-refractivity contribution is -0.137. The fourth-order valence-corrected chi connectivity index (χ4v) is 1.93. The first kappa shape index (κ1) is 12.9. The molecule has 1 aromatic rings. The van der Waals surface area contributed by atoms with Crippen LogP contribution < -0.4 is 0 Å². The highest BCUT2D eigenvalue weighted by Crippen LogP contribution is 2.24. The van der Waals surface area contributed by atoms with Crippen molar-refractivity contribution in [3.05, 3.63) is 28.8 Å². The molecule has 0 aliphatic rings. The van der Waals surface area contributed by atoms with Crippen molar-refractivity contribution in [1.82, 2.24) is 0 Å². The number of rotatable bonds is 4. The number of ether oxygens (including phenoxy) is 1. The molecular weight excluding hydrogens is 252 g/mol. The van der Waals surface area contributed by atoms with Gasteiger partial charge in [0.15, 0.2) is 0 Å². The lowest BCUT2D eigenvalue weighted by atomic mass is 10.2. The molecule has 0 amide bonds. The molecule has 0 aliphatic carbocycles. The monoisotopic (exact) mass is 260 g/mol. The van der Waals surface area contributed by atoms with Crippen LogP contribution in [0.4, 0.5) is 0 Å². The zero-order valence-corrected chi connectivity index (χ0v) is 9.97. The Balaban J connectivity index is 2.79. The SMILES string of the molecule is COC(=O)CSc1ccc(Cl)c(C(=O)O)c1. The molecule has 86 valence electrons. The van der Waals surface area contributed by atoms with Crippen molar-refractivity contribution in [3.8, 4) is 0 Å². The van der Waals surface area contributed by atoms with E-state index < -0.39 is 5.97 Å². The predicted octanol–water partition coefficient (Wildman–Crippen LogP) is 2.30. The number of carboxylic acids is 1. The summed E-state index contributed by atoms with van der Waals surface area (Å²) >= 11 is 6.90. The first-order valence-corrected chi connectivity index (χ1v) is 5.63. The van der Waals surface area contributed by atoms with Crippen molar-refractivity contribution < 1.29 is 19.4 Å². The molecule has 0 bridgehead atoms. The minimum absolute atomic E-state index is 0.0246. The average Bonchev–Trinajstić information content (AvgIpc) is 2.27. The Labute approximate surface area is 102 Å². The van der Waals surface area contributed by atoms with Gasteiger partial charge in [-0.1, -0.05) is 11.6 Å². The van der Waals surface area contributed by atoms with E-state index in [9.17, 15) is 9.59 Å². The van der Waals surface area contributed by atoms with E-state index in [1.165, 1.54) is 31.0 Å². The van der Waals surface area contributed by atoms with Gasteiger partial charge in [-0.05, 0) is 18.2 Å². The highest BCUT2D eigenvalue weighted by molar-refractivity contribution is 8.00. The van der Waals surface area contributed by atoms with E-state index in [0.717, 1.165) is 0 Å². The summed E-state index contributed by atoms with van der Waals surface area (Å²) in [5.74, 6) is -1.32. The molecule has 0 saturated carbocycles. The van der Waals surface area contributed by atoms with Crippen LogP contribution in [0.3, 0.4) is 0 Å². The summed E-state index contributed by atoms with van der Waals surface area (Å²) in [5, 5.41) is 9.00. The number of hydrogen-bond donors (Lipinski definition) is 1. The first-order valence-electron chi connectivity index (χ1n) is 4.27. The van der Waals surface area contributed by atoms with Crippen molar-refractivity contribution in [2.45, 2.75) is 4.90 Å². The standard InChI is InChI=1S/C10H9ClO4S/c1-15-9(12)5-16-6-2-3-8(11)7(4-6)10(13)14/h2-4H,5H2,1H3,(H,13,14). The molecule has 0 spiro atoms. The second kappa shape index (κ2) is 5.77. The molecule has 0 heterocycles. The predicted molar refractivity (Wildman–Crippen MR) is 61.2 cm³/mol. The summed E-state index contributed by atoms with van der Waals surface area (Å²) in [6.07, 6.45) is 0. The van der Waals surface area contributed by atoms with Crippen LogP contribution in [0.1, 0.15) is 10.4 Å². The van der Waals surface area contributed by atoms with Crippen LogP contribution in [0.25, 0.3) is 0 Å². The highest BCUT2D eigenvalue weighted by Gasteiger charge is 2.10. The minimum Gasteiger partial charge on any atom is -0.478 e. The molecule has 0 unspecified atom stereocenters. The van der Waals surface area contributed by atoms with Gasteiger partial charge >= 0.3 is 11.9 Å². The van der Waals surface area contributed by atoms with Gasteiger partial charge in [0.1, 0.15) is 0 Å². The number of carboxylic acid groups (broad SMARTS) is 1. The molecule has 1 N–H and O–H groups in total. The van der Waals surface area contributed by atoms with Crippen LogP contribution in [-0.2, 0) is 9.53 Å². The number of esters is 1. The van der Waals surface area contributed by atoms with Crippen LogP contribution in [0.5, 0.6) is 0 Å². The third kappa shape index (κ3) is 3.43. The van der Waals surface area contributed by atoms with E-state index >= 15 is 0 Å². The van der Waals surface area contributed by atoms with Crippen molar-refractivity contribution in [1.29, 1.82) is 0 Å². The fourth-order valence-electron chi connectivity index (χ4n) is 0.959. The maximum atomic E-state index is 10.9. The van der Waals surface area contributed by atoms with Gasteiger partial charge in [-0.15, -0.1) is 11.8 Å². The van der Waals surface area contributed by atoms with Crippen LogP contribution in [-0.4, -0.2) is 29.9 Å². The normalized spacial score (nSPS) is 9.88. The number of halogens is 1. The third-order valence-corrected chi connectivity index (χ3v) is 3.05. The second-order valence-corrected chi connectivity index (χ2v) is 4.27. The molecule has 16 heavy (non-hydrogen) atoms. The number of thioether (sulfide) groups is 1. The molecule has 1 aromatic carbocycles. The number of aromatic carboxylic acids is 1. The third-order valence-electron chi connectivity index (χ3n) is 1.75. The molecule has 0 atom stereocenters. The number of carbonyl (C=O) groups excluding carboxylic acids is 1. The second-order valence-electron chi connectivity index (χ2n) is 2.81. The van der Waals surface area contributed by atoms with Crippen LogP contribution in [0.15, 0.2) is 23.1 Å². The summed E-state index contributed by atoms with van der Waals surface area (Å²) < 4.78 is 4.47. The molecule has 0 radical (unpaired) electrons. The Morgan fingerprint density at radius 3 is 2.75 bits per heavy atom. The van der Waals surface area contributed by atoms with Crippen LogP contribution in [0, 0.1) is 0 Å². The van der Waals surface area contributed by atoms with E-state index in [2.05, 4.69) is 4.74 Å². The molecular formula is C10H9ClO4S. The number of carbonyl (C=O) groups is 2. The first-order chi connectivity index (χ1) is 7.54. The van der Waals surface area contributed by atoms with Gasteiger partial charge < -0.3 is 9.84 Å². The summed E-state index contributed by atoms with van der Waals surface area (Å²) in [7, 11) is 1.30. The van der Waals surface area contributed by atoms with Gasteiger partial charge in [-0.2, -0.15) is 0 Å². The van der Waals surface area contributed by atoms with Crippen molar-refractivity contribution >= 4 is 35.3 Å². The van der Waals surface area contributed by atoms with Gasteiger partial charge in [0.25, 0.3) is 0 Å². The number of benzene rings is 1. The van der Waals surface area contributed by atoms with Crippen molar-refractivity contribution in [2.75, 3.05) is 12.9 Å². The van der Waals surface area contributed by atoms with Gasteiger partial charge in [0, 0.05) is 4.90 Å². The van der Waals surface area contributed by atoms with Gasteiger partial charge in [-0.25, -0.2) is 4.79 Å².